The van der Waals surface area contributed by atoms with Crippen LogP contribution >= 0.6 is 0 Å². The first-order chi connectivity index (χ1) is 24.8. The molecule has 0 N–H and O–H groups in total. The summed E-state index contributed by atoms with van der Waals surface area (Å²) in [5, 5.41) is 4.92. The van der Waals surface area contributed by atoms with E-state index in [9.17, 15) is 0 Å². The smallest absolute Gasteiger partial charge is 0.161 e. The predicted molar refractivity (Wildman–Crippen MR) is 207 cm³/mol. The highest BCUT2D eigenvalue weighted by Crippen LogP contribution is 2.44. The number of benzene rings is 7. The van der Waals surface area contributed by atoms with Gasteiger partial charge in [0, 0.05) is 34.6 Å². The number of pyridine rings is 1. The molecule has 0 spiro atoms. The summed E-state index contributed by atoms with van der Waals surface area (Å²) in [6.07, 6.45) is 3.69. The molecule has 7 aromatic carbocycles. The Bertz CT molecular complexity index is 2580. The average molecular weight is 638 g/mol. The maximum atomic E-state index is 5.27. The zero-order valence-electron chi connectivity index (χ0n) is 27.2. The highest BCUT2D eigenvalue weighted by atomic mass is 14.9. The molecule has 234 valence electrons. The minimum absolute atomic E-state index is 0.675. The third-order valence-electron chi connectivity index (χ3n) is 9.38. The van der Waals surface area contributed by atoms with E-state index in [-0.39, 0.29) is 0 Å². The van der Waals surface area contributed by atoms with Crippen LogP contribution in [0.5, 0.6) is 0 Å². The average Bonchev–Trinajstić information content (AvgIpc) is 3.20. The van der Waals surface area contributed by atoms with Crippen molar-refractivity contribution in [3.8, 4) is 67.3 Å². The van der Waals surface area contributed by atoms with Crippen molar-refractivity contribution in [1.82, 2.24) is 15.0 Å². The van der Waals surface area contributed by atoms with Crippen LogP contribution < -0.4 is 0 Å². The molecule has 0 aliphatic carbocycles. The van der Waals surface area contributed by atoms with Crippen LogP contribution in [0.15, 0.2) is 188 Å². The molecule has 9 rings (SSSR count). The number of hydrogen-bond donors (Lipinski definition) is 0. The van der Waals surface area contributed by atoms with E-state index in [1.165, 1.54) is 38.2 Å². The van der Waals surface area contributed by atoms with Crippen LogP contribution in [0, 0.1) is 0 Å². The number of hydrogen-bond acceptors (Lipinski definition) is 3. The van der Waals surface area contributed by atoms with Gasteiger partial charge in [-0.2, -0.15) is 0 Å². The van der Waals surface area contributed by atoms with Crippen LogP contribution in [0.2, 0.25) is 0 Å². The zero-order valence-corrected chi connectivity index (χ0v) is 27.2. The van der Waals surface area contributed by atoms with E-state index < -0.39 is 0 Å². The lowest BCUT2D eigenvalue weighted by atomic mass is 9.85. The standard InChI is InChI=1S/C47H31N3/c1-3-15-32(16-4-1)43-30-44(50-47(49-43)42-27-12-7-22-37(42)36-21-14-28-48-31-36)34-19-13-20-35(29-34)46-40-25-10-8-23-38(40)45(33-17-5-2-6-18-33)39-24-9-11-26-41(39)46/h1-31H. The second-order valence-corrected chi connectivity index (χ2v) is 12.4. The predicted octanol–water partition coefficient (Wildman–Crippen LogP) is 12.2. The van der Waals surface area contributed by atoms with Crippen molar-refractivity contribution in [3.63, 3.8) is 0 Å². The van der Waals surface area contributed by atoms with Crippen molar-refractivity contribution in [2.24, 2.45) is 0 Å². The van der Waals surface area contributed by atoms with Gasteiger partial charge in [0.15, 0.2) is 5.82 Å². The molecule has 2 heterocycles. The van der Waals surface area contributed by atoms with Crippen molar-refractivity contribution in [2.75, 3.05) is 0 Å². The summed E-state index contributed by atoms with van der Waals surface area (Å²) in [4.78, 5) is 14.8. The second-order valence-electron chi connectivity index (χ2n) is 12.4. The normalized spacial score (nSPS) is 11.2. The molecule has 0 atom stereocenters. The summed E-state index contributed by atoms with van der Waals surface area (Å²) in [7, 11) is 0. The fourth-order valence-electron chi connectivity index (χ4n) is 7.11. The monoisotopic (exact) mass is 637 g/mol. The number of rotatable bonds is 6. The van der Waals surface area contributed by atoms with Crippen molar-refractivity contribution < 1.29 is 0 Å². The summed E-state index contributed by atoms with van der Waals surface area (Å²) >= 11 is 0. The van der Waals surface area contributed by atoms with Gasteiger partial charge in [-0.15, -0.1) is 0 Å². The largest absolute Gasteiger partial charge is 0.264 e. The van der Waals surface area contributed by atoms with E-state index in [0.717, 1.165) is 44.8 Å². The topological polar surface area (TPSA) is 38.7 Å². The summed E-state index contributed by atoms with van der Waals surface area (Å²) in [5.41, 5.74) is 11.7. The molecule has 3 nitrogen and oxygen atoms in total. The number of fused-ring (bicyclic) bond motifs is 2. The summed E-state index contributed by atoms with van der Waals surface area (Å²) in [5.74, 6) is 0.675. The fraction of sp³-hybridized carbons (Fsp3) is 0. The van der Waals surface area contributed by atoms with Gasteiger partial charge in [-0.05, 0) is 67.6 Å². The van der Waals surface area contributed by atoms with Crippen molar-refractivity contribution in [2.45, 2.75) is 0 Å². The van der Waals surface area contributed by atoms with Crippen molar-refractivity contribution in [1.29, 1.82) is 0 Å². The van der Waals surface area contributed by atoms with Crippen molar-refractivity contribution >= 4 is 21.5 Å². The van der Waals surface area contributed by atoms with Gasteiger partial charge in [0.1, 0.15) is 0 Å². The lowest BCUT2D eigenvalue weighted by Crippen LogP contribution is -1.98. The van der Waals surface area contributed by atoms with E-state index in [1.807, 2.05) is 24.4 Å². The molecule has 9 aromatic rings. The van der Waals surface area contributed by atoms with Crippen LogP contribution in [0.1, 0.15) is 0 Å². The van der Waals surface area contributed by atoms with E-state index >= 15 is 0 Å². The number of aromatic nitrogens is 3. The van der Waals surface area contributed by atoms with Crippen LogP contribution in [0.4, 0.5) is 0 Å². The Morgan fingerprint density at radius 2 is 0.800 bits per heavy atom. The van der Waals surface area contributed by atoms with Crippen LogP contribution in [-0.2, 0) is 0 Å². The van der Waals surface area contributed by atoms with Crippen molar-refractivity contribution in [3.05, 3.63) is 188 Å². The lowest BCUT2D eigenvalue weighted by Gasteiger charge is -2.18. The summed E-state index contributed by atoms with van der Waals surface area (Å²) < 4.78 is 0. The fourth-order valence-corrected chi connectivity index (χ4v) is 7.11. The van der Waals surface area contributed by atoms with E-state index in [2.05, 4.69) is 163 Å². The number of nitrogens with zero attached hydrogens (tertiary/aromatic N) is 3. The van der Waals surface area contributed by atoms with Gasteiger partial charge in [0.25, 0.3) is 0 Å². The summed E-state index contributed by atoms with van der Waals surface area (Å²) in [6.45, 7) is 0. The minimum atomic E-state index is 0.675. The Morgan fingerprint density at radius 1 is 0.320 bits per heavy atom. The van der Waals surface area contributed by atoms with Gasteiger partial charge < -0.3 is 0 Å². The summed E-state index contributed by atoms with van der Waals surface area (Å²) in [6, 6.07) is 61.9. The molecule has 0 bridgehead atoms. The lowest BCUT2D eigenvalue weighted by molar-refractivity contribution is 1.18. The van der Waals surface area contributed by atoms with Crippen LogP contribution in [0.25, 0.3) is 88.8 Å². The zero-order chi connectivity index (χ0) is 33.3. The van der Waals surface area contributed by atoms with E-state index in [4.69, 9.17) is 9.97 Å². The third-order valence-corrected chi connectivity index (χ3v) is 9.38. The Morgan fingerprint density at radius 3 is 1.42 bits per heavy atom. The van der Waals surface area contributed by atoms with Gasteiger partial charge in [-0.1, -0.05) is 158 Å². The molecule has 0 radical (unpaired) electrons. The molecule has 0 saturated carbocycles. The molecule has 50 heavy (non-hydrogen) atoms. The maximum absolute atomic E-state index is 5.27. The molecule has 2 aromatic heterocycles. The highest BCUT2D eigenvalue weighted by molar-refractivity contribution is 6.21. The third kappa shape index (κ3) is 5.32. The molecular formula is C47H31N3. The quantitative estimate of drug-likeness (QED) is 0.170. The molecule has 0 aliphatic rings. The van der Waals surface area contributed by atoms with Gasteiger partial charge in [0.05, 0.1) is 11.4 Å². The van der Waals surface area contributed by atoms with Gasteiger partial charge in [0.2, 0.25) is 0 Å². The molecule has 0 fully saturated rings. The Balaban J connectivity index is 1.26. The first kappa shape index (κ1) is 29.4. The highest BCUT2D eigenvalue weighted by Gasteiger charge is 2.18. The molecule has 3 heteroatoms. The molecule has 0 amide bonds. The van der Waals surface area contributed by atoms with E-state index in [1.54, 1.807) is 6.20 Å². The minimum Gasteiger partial charge on any atom is -0.264 e. The second kappa shape index (κ2) is 12.7. The van der Waals surface area contributed by atoms with Gasteiger partial charge in [-0.25, -0.2) is 9.97 Å². The molecule has 0 saturated heterocycles. The molecular weight excluding hydrogens is 607 g/mol. The first-order valence-electron chi connectivity index (χ1n) is 16.9. The Kier molecular flexibility index (Phi) is 7.49. The Labute approximate surface area is 291 Å². The maximum Gasteiger partial charge on any atom is 0.161 e. The molecule has 0 unspecified atom stereocenters. The molecule has 0 aliphatic heterocycles. The van der Waals surface area contributed by atoms with Gasteiger partial charge >= 0.3 is 0 Å². The van der Waals surface area contributed by atoms with E-state index in [0.29, 0.717) is 5.82 Å². The van der Waals surface area contributed by atoms with Crippen LogP contribution in [-0.4, -0.2) is 15.0 Å². The SMILES string of the molecule is c1ccc(-c2cc(-c3cccc(-c4c5ccccc5c(-c5ccccc5)c5ccccc45)c3)nc(-c3ccccc3-c3cccnc3)n2)cc1. The first-order valence-corrected chi connectivity index (χ1v) is 16.9. The van der Waals surface area contributed by atoms with Gasteiger partial charge in [-0.3, -0.25) is 4.98 Å². The van der Waals surface area contributed by atoms with Crippen LogP contribution in [0.3, 0.4) is 0 Å². The Hall–Kier alpha value is -6.71.